The predicted molar refractivity (Wildman–Crippen MR) is 157 cm³/mol. The summed E-state index contributed by atoms with van der Waals surface area (Å²) in [6.07, 6.45) is 1.30. The van der Waals surface area contributed by atoms with Crippen LogP contribution in [-0.4, -0.2) is 80.4 Å². The lowest BCUT2D eigenvalue weighted by molar-refractivity contribution is -0.131. The van der Waals surface area contributed by atoms with Crippen LogP contribution in [0.2, 0.25) is 0 Å². The summed E-state index contributed by atoms with van der Waals surface area (Å²) in [5, 5.41) is 11.4. The molecule has 3 rings (SSSR count). The molecule has 0 aromatic heterocycles. The van der Waals surface area contributed by atoms with Crippen molar-refractivity contribution in [2.45, 2.75) is 57.7 Å². The van der Waals surface area contributed by atoms with Gasteiger partial charge in [0.1, 0.15) is 24.4 Å². The summed E-state index contributed by atoms with van der Waals surface area (Å²) in [5.74, 6) is -1.37. The number of benzene rings is 2. The SMILES string of the molecule is CC(C)C[C@@H]1NC(=O)C[C@@H](C(=O)NCCCN(C)C)NC(=O)c2ccccc2OC[C@@H](Cc2ccccc2)NC1=O. The van der Waals surface area contributed by atoms with Gasteiger partial charge in [0.2, 0.25) is 17.7 Å². The van der Waals surface area contributed by atoms with E-state index in [4.69, 9.17) is 4.74 Å². The third kappa shape index (κ3) is 10.5. The molecule has 0 fully saturated rings. The highest BCUT2D eigenvalue weighted by Gasteiger charge is 2.30. The normalized spacial score (nSPS) is 20.2. The van der Waals surface area contributed by atoms with Gasteiger partial charge in [-0.15, -0.1) is 0 Å². The van der Waals surface area contributed by atoms with E-state index in [0.29, 0.717) is 31.6 Å². The molecular formula is C31H43N5O5. The van der Waals surface area contributed by atoms with Crippen molar-refractivity contribution < 1.29 is 23.9 Å². The minimum atomic E-state index is -1.13. The number of para-hydroxylation sites is 1. The number of carbonyl (C=O) groups is 4. The van der Waals surface area contributed by atoms with E-state index in [1.807, 2.05) is 63.2 Å². The van der Waals surface area contributed by atoms with Crippen LogP contribution in [0.3, 0.4) is 0 Å². The fraction of sp³-hybridized carbons (Fsp3) is 0.484. The molecule has 10 heteroatoms. The summed E-state index contributed by atoms with van der Waals surface area (Å²) in [6.45, 7) is 5.21. The Morgan fingerprint density at radius 2 is 1.71 bits per heavy atom. The van der Waals surface area contributed by atoms with Gasteiger partial charge in [-0.2, -0.15) is 0 Å². The Balaban J connectivity index is 1.89. The van der Waals surface area contributed by atoms with Crippen molar-refractivity contribution in [2.24, 2.45) is 5.92 Å². The molecule has 0 saturated carbocycles. The van der Waals surface area contributed by atoms with E-state index < -0.39 is 35.8 Å². The molecule has 4 N–H and O–H groups in total. The molecule has 4 amide bonds. The van der Waals surface area contributed by atoms with Gasteiger partial charge in [-0.3, -0.25) is 19.2 Å². The van der Waals surface area contributed by atoms with Crippen LogP contribution in [0.15, 0.2) is 54.6 Å². The first-order chi connectivity index (χ1) is 19.6. The first-order valence-corrected chi connectivity index (χ1v) is 14.2. The molecule has 10 nitrogen and oxygen atoms in total. The van der Waals surface area contributed by atoms with Crippen molar-refractivity contribution in [3.8, 4) is 5.75 Å². The zero-order chi connectivity index (χ0) is 29.8. The predicted octanol–water partition coefficient (Wildman–Crippen LogP) is 1.89. The minimum absolute atomic E-state index is 0.100. The summed E-state index contributed by atoms with van der Waals surface area (Å²) in [6, 6.07) is 14.1. The molecule has 0 saturated heterocycles. The number of nitrogens with zero attached hydrogens (tertiary/aromatic N) is 1. The lowest BCUT2D eigenvalue weighted by atomic mass is 10.0. The molecule has 1 aliphatic rings. The van der Waals surface area contributed by atoms with Crippen molar-refractivity contribution in [1.29, 1.82) is 0 Å². The Morgan fingerprint density at radius 1 is 1.00 bits per heavy atom. The molecule has 0 radical (unpaired) electrons. The second kappa shape index (κ2) is 15.8. The quantitative estimate of drug-likeness (QED) is 0.344. The third-order valence-corrected chi connectivity index (χ3v) is 6.69. The lowest BCUT2D eigenvalue weighted by Crippen LogP contribution is -2.54. The molecule has 0 spiro atoms. The molecule has 1 aliphatic heterocycles. The summed E-state index contributed by atoms with van der Waals surface area (Å²) >= 11 is 0. The topological polar surface area (TPSA) is 129 Å². The van der Waals surface area contributed by atoms with Gasteiger partial charge in [0.25, 0.3) is 5.91 Å². The van der Waals surface area contributed by atoms with E-state index in [1.54, 1.807) is 24.3 Å². The average Bonchev–Trinajstić information content (AvgIpc) is 2.93. The maximum Gasteiger partial charge on any atom is 0.255 e. The van der Waals surface area contributed by atoms with Crippen molar-refractivity contribution >= 4 is 23.6 Å². The van der Waals surface area contributed by atoms with Crippen molar-refractivity contribution in [3.63, 3.8) is 0 Å². The van der Waals surface area contributed by atoms with Gasteiger partial charge in [-0.1, -0.05) is 56.3 Å². The molecule has 222 valence electrons. The maximum absolute atomic E-state index is 13.5. The van der Waals surface area contributed by atoms with E-state index in [9.17, 15) is 19.2 Å². The van der Waals surface area contributed by atoms with Crippen LogP contribution in [0.5, 0.6) is 5.75 Å². The summed E-state index contributed by atoms with van der Waals surface area (Å²) < 4.78 is 6.10. The molecule has 3 atom stereocenters. The maximum atomic E-state index is 13.5. The van der Waals surface area contributed by atoms with Gasteiger partial charge in [-0.25, -0.2) is 0 Å². The van der Waals surface area contributed by atoms with E-state index in [0.717, 1.165) is 12.1 Å². The Hall–Kier alpha value is -3.92. The van der Waals surface area contributed by atoms with Crippen LogP contribution in [-0.2, 0) is 20.8 Å². The smallest absolute Gasteiger partial charge is 0.255 e. The lowest BCUT2D eigenvalue weighted by Gasteiger charge is -2.27. The van der Waals surface area contributed by atoms with Crippen LogP contribution in [0.25, 0.3) is 0 Å². The minimum Gasteiger partial charge on any atom is -0.491 e. The first-order valence-electron chi connectivity index (χ1n) is 14.2. The third-order valence-electron chi connectivity index (χ3n) is 6.69. The second-order valence-electron chi connectivity index (χ2n) is 11.1. The molecular weight excluding hydrogens is 522 g/mol. The average molecular weight is 566 g/mol. The second-order valence-corrected chi connectivity index (χ2v) is 11.1. The van der Waals surface area contributed by atoms with E-state index in [2.05, 4.69) is 21.3 Å². The number of carbonyl (C=O) groups excluding carboxylic acids is 4. The van der Waals surface area contributed by atoms with Crippen LogP contribution in [0.4, 0.5) is 0 Å². The Labute approximate surface area is 242 Å². The number of fused-ring (bicyclic) bond motifs is 1. The monoisotopic (exact) mass is 565 g/mol. The molecule has 0 unspecified atom stereocenters. The van der Waals surface area contributed by atoms with Gasteiger partial charge in [0.05, 0.1) is 18.0 Å². The fourth-order valence-corrected chi connectivity index (χ4v) is 4.64. The zero-order valence-electron chi connectivity index (χ0n) is 24.4. The van der Waals surface area contributed by atoms with Gasteiger partial charge in [-0.05, 0) is 63.5 Å². The van der Waals surface area contributed by atoms with Crippen molar-refractivity contribution in [3.05, 3.63) is 65.7 Å². The molecule has 2 aromatic carbocycles. The van der Waals surface area contributed by atoms with Crippen LogP contribution >= 0.6 is 0 Å². The summed E-state index contributed by atoms with van der Waals surface area (Å²) in [4.78, 5) is 55.1. The largest absolute Gasteiger partial charge is 0.491 e. The van der Waals surface area contributed by atoms with E-state index >= 15 is 0 Å². The van der Waals surface area contributed by atoms with Crippen LogP contribution in [0, 0.1) is 5.92 Å². The van der Waals surface area contributed by atoms with Crippen molar-refractivity contribution in [2.75, 3.05) is 33.8 Å². The van der Waals surface area contributed by atoms with Gasteiger partial charge >= 0.3 is 0 Å². The number of amides is 4. The Morgan fingerprint density at radius 3 is 2.41 bits per heavy atom. The van der Waals surface area contributed by atoms with Gasteiger partial charge in [0.15, 0.2) is 0 Å². The Bertz CT molecular complexity index is 1170. The number of nitrogens with one attached hydrogen (secondary N) is 4. The zero-order valence-corrected chi connectivity index (χ0v) is 24.4. The van der Waals surface area contributed by atoms with Crippen molar-refractivity contribution in [1.82, 2.24) is 26.2 Å². The number of hydrogen-bond acceptors (Lipinski definition) is 6. The number of hydrogen-bond donors (Lipinski definition) is 4. The number of ether oxygens (including phenoxy) is 1. The molecule has 41 heavy (non-hydrogen) atoms. The Kier molecular flexibility index (Phi) is 12.1. The molecule has 0 bridgehead atoms. The summed E-state index contributed by atoms with van der Waals surface area (Å²) in [7, 11) is 3.88. The fourth-order valence-electron chi connectivity index (χ4n) is 4.64. The van der Waals surface area contributed by atoms with Crippen LogP contribution in [0.1, 0.15) is 49.0 Å². The van der Waals surface area contributed by atoms with Gasteiger partial charge in [0, 0.05) is 6.54 Å². The van der Waals surface area contributed by atoms with Gasteiger partial charge < -0.3 is 30.9 Å². The first kappa shape index (κ1) is 31.6. The summed E-state index contributed by atoms with van der Waals surface area (Å²) in [5.41, 5.74) is 1.25. The molecule has 0 aliphatic carbocycles. The standard InChI is InChI=1S/C31H43N5O5/c1-21(2)17-25-31(40)33-23(18-22-11-6-5-7-12-22)20-41-27-14-9-8-13-24(27)29(38)35-26(19-28(37)34-25)30(39)32-15-10-16-36(3)4/h5-9,11-14,21,23,25-26H,10,15-20H2,1-4H3,(H,32,39)(H,33,40)(H,34,37)(H,35,38)/t23-,25+,26+/m1/s1. The molecule has 1 heterocycles. The van der Waals surface area contributed by atoms with E-state index in [1.165, 1.54) is 0 Å². The van der Waals surface area contributed by atoms with E-state index in [-0.39, 0.29) is 30.4 Å². The number of rotatable bonds is 9. The highest BCUT2D eigenvalue weighted by Crippen LogP contribution is 2.19. The highest BCUT2D eigenvalue weighted by atomic mass is 16.5. The van der Waals surface area contributed by atoms with Crippen LogP contribution < -0.4 is 26.0 Å². The highest BCUT2D eigenvalue weighted by molar-refractivity contribution is 6.01. The molecule has 2 aromatic rings.